The minimum absolute atomic E-state index is 0.391. The van der Waals surface area contributed by atoms with Crippen LogP contribution in [0.25, 0.3) is 0 Å². The first kappa shape index (κ1) is 17.6. The van der Waals surface area contributed by atoms with Crippen molar-refractivity contribution in [2.45, 2.75) is 0 Å². The molecule has 3 aromatic rings. The maximum Gasteiger partial charge on any atom is 0.151 e. The van der Waals surface area contributed by atoms with Crippen molar-refractivity contribution in [1.29, 1.82) is 0 Å². The zero-order valence-electron chi connectivity index (χ0n) is 13.6. The summed E-state index contributed by atoms with van der Waals surface area (Å²) in [6, 6.07) is 10.2. The Morgan fingerprint density at radius 2 is 1.00 bits per heavy atom. The normalized spacial score (nSPS) is 11.7. The average Bonchev–Trinajstić information content (AvgIpc) is 2.94. The molecule has 1 heterocycles. The summed E-state index contributed by atoms with van der Waals surface area (Å²) in [7, 11) is 1.66. The molecule has 26 heavy (non-hydrogen) atoms. The van der Waals surface area contributed by atoms with E-state index in [2.05, 4.69) is 9.98 Å². The standard InChI is InChI=1S/C19H13F4N3/c1-26-12(10-24-18-14(20)4-2-5-15(18)21)8-9-13(26)11-25-19-16(22)6-3-7-17(19)23/h2-11H,1H3. The van der Waals surface area contributed by atoms with E-state index < -0.39 is 34.6 Å². The number of aliphatic imine (C=N–C) groups is 2. The summed E-state index contributed by atoms with van der Waals surface area (Å²) in [5.41, 5.74) is 0.279. The zero-order chi connectivity index (χ0) is 18.7. The molecule has 2 aromatic carbocycles. The molecule has 0 aliphatic rings. The van der Waals surface area contributed by atoms with Crippen molar-refractivity contribution in [3.05, 3.63) is 83.2 Å². The van der Waals surface area contributed by atoms with Crippen LogP contribution < -0.4 is 0 Å². The SMILES string of the molecule is Cn1c(C=Nc2c(F)cccc2F)ccc1C=Nc1c(F)cccc1F. The summed E-state index contributed by atoms with van der Waals surface area (Å²) in [6.45, 7) is 0. The van der Waals surface area contributed by atoms with Gasteiger partial charge in [-0.05, 0) is 36.4 Å². The number of hydrogen-bond acceptors (Lipinski definition) is 2. The van der Waals surface area contributed by atoms with Crippen LogP contribution in [0.1, 0.15) is 11.4 Å². The highest BCUT2D eigenvalue weighted by Crippen LogP contribution is 2.22. The lowest BCUT2D eigenvalue weighted by atomic mass is 10.3. The van der Waals surface area contributed by atoms with Crippen molar-refractivity contribution < 1.29 is 17.6 Å². The summed E-state index contributed by atoms with van der Waals surface area (Å²) >= 11 is 0. The van der Waals surface area contributed by atoms with Gasteiger partial charge in [-0.3, -0.25) is 0 Å². The number of halogens is 4. The van der Waals surface area contributed by atoms with E-state index in [-0.39, 0.29) is 0 Å². The van der Waals surface area contributed by atoms with E-state index in [9.17, 15) is 17.6 Å². The summed E-state index contributed by atoms with van der Waals surface area (Å²) in [5.74, 6) is -3.08. The van der Waals surface area contributed by atoms with Crippen LogP contribution in [-0.4, -0.2) is 17.0 Å². The lowest BCUT2D eigenvalue weighted by Gasteiger charge is -2.02. The number of benzene rings is 2. The first-order valence-corrected chi connectivity index (χ1v) is 7.59. The number of nitrogens with zero attached hydrogens (tertiary/aromatic N) is 3. The quantitative estimate of drug-likeness (QED) is 0.459. The molecule has 0 radical (unpaired) electrons. The molecule has 0 N–H and O–H groups in total. The molecular formula is C19H13F4N3. The molecule has 7 heteroatoms. The van der Waals surface area contributed by atoms with E-state index in [0.29, 0.717) is 11.4 Å². The van der Waals surface area contributed by atoms with Gasteiger partial charge in [0.05, 0.1) is 23.8 Å². The van der Waals surface area contributed by atoms with E-state index in [0.717, 1.165) is 24.3 Å². The molecule has 0 fully saturated rings. The van der Waals surface area contributed by atoms with Crippen LogP contribution in [0.4, 0.5) is 28.9 Å². The monoisotopic (exact) mass is 359 g/mol. The maximum absolute atomic E-state index is 13.6. The number of rotatable bonds is 4. The Morgan fingerprint density at radius 3 is 1.35 bits per heavy atom. The van der Waals surface area contributed by atoms with Crippen molar-refractivity contribution in [2.24, 2.45) is 17.0 Å². The van der Waals surface area contributed by atoms with Crippen LogP contribution in [0, 0.1) is 23.3 Å². The number of aromatic nitrogens is 1. The molecule has 0 amide bonds. The first-order valence-electron chi connectivity index (χ1n) is 7.59. The molecule has 3 nitrogen and oxygen atoms in total. The summed E-state index contributed by atoms with van der Waals surface area (Å²) in [6.07, 6.45) is 2.59. The van der Waals surface area contributed by atoms with Gasteiger partial charge in [0.1, 0.15) is 11.4 Å². The summed E-state index contributed by atoms with van der Waals surface area (Å²) in [4.78, 5) is 7.67. The molecule has 1 aromatic heterocycles. The van der Waals surface area contributed by atoms with E-state index >= 15 is 0 Å². The van der Waals surface area contributed by atoms with Crippen molar-refractivity contribution in [2.75, 3.05) is 0 Å². The van der Waals surface area contributed by atoms with E-state index in [1.54, 1.807) is 23.7 Å². The molecule has 0 unspecified atom stereocenters. The van der Waals surface area contributed by atoms with Gasteiger partial charge in [-0.25, -0.2) is 27.5 Å². The molecule has 132 valence electrons. The molecule has 0 bridgehead atoms. The Labute approximate surface area is 147 Å². The third-order valence-corrected chi connectivity index (χ3v) is 3.73. The highest BCUT2D eigenvalue weighted by Gasteiger charge is 2.08. The second-order valence-electron chi connectivity index (χ2n) is 5.40. The molecule has 3 rings (SSSR count). The molecule has 0 spiro atoms. The molecule has 0 atom stereocenters. The molecule has 0 saturated heterocycles. The fourth-order valence-electron chi connectivity index (χ4n) is 2.29. The van der Waals surface area contributed by atoms with Gasteiger partial charge in [-0.2, -0.15) is 0 Å². The van der Waals surface area contributed by atoms with Gasteiger partial charge in [0.25, 0.3) is 0 Å². The topological polar surface area (TPSA) is 29.6 Å². The molecular weight excluding hydrogens is 346 g/mol. The van der Waals surface area contributed by atoms with Crippen molar-refractivity contribution >= 4 is 23.8 Å². The maximum atomic E-state index is 13.6. The third kappa shape index (κ3) is 3.56. The van der Waals surface area contributed by atoms with E-state index in [4.69, 9.17) is 0 Å². The Bertz CT molecular complexity index is 887. The Balaban J connectivity index is 1.87. The Morgan fingerprint density at radius 1 is 0.654 bits per heavy atom. The van der Waals surface area contributed by atoms with Gasteiger partial charge in [0, 0.05) is 7.05 Å². The lowest BCUT2D eigenvalue weighted by Crippen LogP contribution is -2.00. The number of hydrogen-bond donors (Lipinski definition) is 0. The predicted molar refractivity (Wildman–Crippen MR) is 92.6 cm³/mol. The van der Waals surface area contributed by atoms with Gasteiger partial charge < -0.3 is 4.57 Å². The Kier molecular flexibility index (Phi) is 4.97. The molecule has 0 saturated carbocycles. The second kappa shape index (κ2) is 7.35. The highest BCUT2D eigenvalue weighted by molar-refractivity contribution is 5.86. The van der Waals surface area contributed by atoms with Crippen LogP contribution >= 0.6 is 0 Å². The summed E-state index contributed by atoms with van der Waals surface area (Å²) < 4.78 is 56.0. The molecule has 0 aliphatic carbocycles. The first-order chi connectivity index (χ1) is 12.5. The van der Waals surface area contributed by atoms with Gasteiger partial charge >= 0.3 is 0 Å². The lowest BCUT2D eigenvalue weighted by molar-refractivity contribution is 0.587. The van der Waals surface area contributed by atoms with Crippen molar-refractivity contribution in [1.82, 2.24) is 4.57 Å². The van der Waals surface area contributed by atoms with Crippen LogP contribution in [0.2, 0.25) is 0 Å². The minimum atomic E-state index is -0.771. The van der Waals surface area contributed by atoms with Crippen LogP contribution in [-0.2, 0) is 7.05 Å². The highest BCUT2D eigenvalue weighted by atomic mass is 19.1. The third-order valence-electron chi connectivity index (χ3n) is 3.73. The van der Waals surface area contributed by atoms with Crippen LogP contribution in [0.5, 0.6) is 0 Å². The van der Waals surface area contributed by atoms with Gasteiger partial charge in [0.15, 0.2) is 23.3 Å². The summed E-state index contributed by atoms with van der Waals surface area (Å²) in [5, 5.41) is 0. The van der Waals surface area contributed by atoms with Crippen LogP contribution in [0.15, 0.2) is 58.5 Å². The predicted octanol–water partition coefficient (Wildman–Crippen LogP) is 5.08. The average molecular weight is 359 g/mol. The van der Waals surface area contributed by atoms with Crippen molar-refractivity contribution in [3.8, 4) is 0 Å². The van der Waals surface area contributed by atoms with E-state index in [1.807, 2.05) is 0 Å². The van der Waals surface area contributed by atoms with Crippen LogP contribution in [0.3, 0.4) is 0 Å². The fraction of sp³-hybridized carbons (Fsp3) is 0.0526. The van der Waals surface area contributed by atoms with Crippen molar-refractivity contribution in [3.63, 3.8) is 0 Å². The van der Waals surface area contributed by atoms with Gasteiger partial charge in [-0.15, -0.1) is 0 Å². The smallest absolute Gasteiger partial charge is 0.151 e. The van der Waals surface area contributed by atoms with E-state index in [1.165, 1.54) is 24.6 Å². The van der Waals surface area contributed by atoms with Gasteiger partial charge in [-0.1, -0.05) is 12.1 Å². The Hall–Kier alpha value is -3.22. The largest absolute Gasteiger partial charge is 0.342 e. The number of para-hydroxylation sites is 2. The van der Waals surface area contributed by atoms with Gasteiger partial charge in [0.2, 0.25) is 0 Å². The zero-order valence-corrected chi connectivity index (χ0v) is 13.6. The minimum Gasteiger partial charge on any atom is -0.342 e. The second-order valence-corrected chi connectivity index (χ2v) is 5.40. The molecule has 0 aliphatic heterocycles. The fourth-order valence-corrected chi connectivity index (χ4v) is 2.29.